The molecule has 0 saturated carbocycles. The second-order valence-corrected chi connectivity index (χ2v) is 6.11. The molecule has 0 saturated heterocycles. The minimum Gasteiger partial charge on any atom is -0.465 e. The second kappa shape index (κ2) is 7.74. The summed E-state index contributed by atoms with van der Waals surface area (Å²) in [4.78, 5) is 35.4. The summed E-state index contributed by atoms with van der Waals surface area (Å²) in [5.41, 5.74) is 4.53. The highest BCUT2D eigenvalue weighted by atomic mass is 16.4. The topological polar surface area (TPSA) is 98.7 Å². The molecule has 0 aromatic heterocycles. The summed E-state index contributed by atoms with van der Waals surface area (Å²) in [5.74, 6) is -0.465. The summed E-state index contributed by atoms with van der Waals surface area (Å²) in [5, 5.41) is 13.1. The molecule has 0 atom stereocenters. The van der Waals surface area contributed by atoms with Gasteiger partial charge in [0.2, 0.25) is 11.8 Å². The molecular weight excluding hydrogens is 346 g/mol. The van der Waals surface area contributed by atoms with Crippen LogP contribution in [0.1, 0.15) is 12.5 Å². The van der Waals surface area contributed by atoms with Crippen molar-refractivity contribution < 1.29 is 19.5 Å². The molecule has 1 heterocycles. The van der Waals surface area contributed by atoms with Gasteiger partial charge in [0.1, 0.15) is 6.54 Å². The van der Waals surface area contributed by atoms with Crippen molar-refractivity contribution in [2.45, 2.75) is 13.3 Å². The Morgan fingerprint density at radius 1 is 1.07 bits per heavy atom. The van der Waals surface area contributed by atoms with Crippen molar-refractivity contribution in [2.75, 3.05) is 16.8 Å². The Hall–Kier alpha value is -3.61. The summed E-state index contributed by atoms with van der Waals surface area (Å²) in [6.07, 6.45) is 3.27. The zero-order valence-corrected chi connectivity index (χ0v) is 14.7. The first-order valence-corrected chi connectivity index (χ1v) is 8.40. The standard InChI is InChI=1S/C20H19N3O4/c1-13(24)23-10-2-3-16-11-15(6-9-18(16)23)14-4-7-17(8-5-14)22-19(25)12-21-20(26)27/h2,4-11,21H,3,12H2,1H3,(H,22,25)(H,26,27). The Morgan fingerprint density at radius 3 is 2.44 bits per heavy atom. The van der Waals surface area contributed by atoms with Crippen molar-refractivity contribution in [3.63, 3.8) is 0 Å². The van der Waals surface area contributed by atoms with Crippen molar-refractivity contribution in [1.82, 2.24) is 5.32 Å². The molecule has 7 heteroatoms. The number of rotatable bonds is 4. The molecule has 138 valence electrons. The second-order valence-electron chi connectivity index (χ2n) is 6.11. The highest BCUT2D eigenvalue weighted by molar-refractivity contribution is 5.95. The van der Waals surface area contributed by atoms with Gasteiger partial charge in [-0.15, -0.1) is 0 Å². The summed E-state index contributed by atoms with van der Waals surface area (Å²) < 4.78 is 0. The highest BCUT2D eigenvalue weighted by Gasteiger charge is 2.16. The molecule has 2 aromatic carbocycles. The molecule has 0 fully saturated rings. The lowest BCUT2D eigenvalue weighted by atomic mass is 9.98. The molecule has 7 nitrogen and oxygen atoms in total. The maximum Gasteiger partial charge on any atom is 0.405 e. The van der Waals surface area contributed by atoms with Gasteiger partial charge >= 0.3 is 6.09 Å². The van der Waals surface area contributed by atoms with E-state index in [4.69, 9.17) is 5.11 Å². The summed E-state index contributed by atoms with van der Waals surface area (Å²) in [7, 11) is 0. The average molecular weight is 365 g/mol. The Bertz CT molecular complexity index is 919. The predicted octanol–water partition coefficient (Wildman–Crippen LogP) is 2.98. The third-order valence-corrected chi connectivity index (χ3v) is 4.17. The van der Waals surface area contributed by atoms with Gasteiger partial charge < -0.3 is 15.7 Å². The number of anilines is 2. The number of benzene rings is 2. The Labute approximate surface area is 156 Å². The van der Waals surface area contributed by atoms with E-state index in [2.05, 4.69) is 11.4 Å². The Balaban J connectivity index is 1.73. The van der Waals surface area contributed by atoms with Crippen LogP contribution in [0.15, 0.2) is 54.7 Å². The third-order valence-electron chi connectivity index (χ3n) is 4.17. The maximum absolute atomic E-state index is 11.7. The van der Waals surface area contributed by atoms with Gasteiger partial charge in [0.15, 0.2) is 0 Å². The largest absolute Gasteiger partial charge is 0.465 e. The van der Waals surface area contributed by atoms with E-state index in [-0.39, 0.29) is 12.5 Å². The first-order valence-electron chi connectivity index (χ1n) is 8.40. The number of carbonyl (C=O) groups is 3. The fraction of sp³-hybridized carbons (Fsp3) is 0.150. The summed E-state index contributed by atoms with van der Waals surface area (Å²) in [6, 6.07) is 13.2. The SMILES string of the molecule is CC(=O)N1C=CCc2cc(-c3ccc(NC(=O)CNC(=O)O)cc3)ccc21. The van der Waals surface area contributed by atoms with Gasteiger partial charge in [-0.2, -0.15) is 0 Å². The van der Waals surface area contributed by atoms with Gasteiger partial charge in [0, 0.05) is 18.8 Å². The van der Waals surface area contributed by atoms with E-state index in [0.717, 1.165) is 28.8 Å². The molecular formula is C20H19N3O4. The minimum absolute atomic E-state index is 0.0302. The normalized spacial score (nSPS) is 12.3. The van der Waals surface area contributed by atoms with Crippen molar-refractivity contribution in [1.29, 1.82) is 0 Å². The summed E-state index contributed by atoms with van der Waals surface area (Å²) >= 11 is 0. The average Bonchev–Trinajstić information content (AvgIpc) is 2.66. The van der Waals surface area contributed by atoms with Gasteiger partial charge in [-0.25, -0.2) is 4.79 Å². The van der Waals surface area contributed by atoms with E-state index in [9.17, 15) is 14.4 Å². The lowest BCUT2D eigenvalue weighted by Crippen LogP contribution is -2.31. The Morgan fingerprint density at radius 2 is 1.78 bits per heavy atom. The number of allylic oxidation sites excluding steroid dienone is 1. The van der Waals surface area contributed by atoms with Crippen LogP contribution in [0.25, 0.3) is 11.1 Å². The number of fused-ring (bicyclic) bond motifs is 1. The number of nitrogens with zero attached hydrogens (tertiary/aromatic N) is 1. The van der Waals surface area contributed by atoms with Crippen LogP contribution < -0.4 is 15.5 Å². The van der Waals surface area contributed by atoms with Crippen LogP contribution in [0.4, 0.5) is 16.2 Å². The fourth-order valence-electron chi connectivity index (χ4n) is 2.91. The number of carbonyl (C=O) groups excluding carboxylic acids is 2. The van der Waals surface area contributed by atoms with Gasteiger partial charge in [-0.1, -0.05) is 24.3 Å². The smallest absolute Gasteiger partial charge is 0.405 e. The zero-order chi connectivity index (χ0) is 19.4. The van der Waals surface area contributed by atoms with Crippen LogP contribution in [0, 0.1) is 0 Å². The number of hydrogen-bond acceptors (Lipinski definition) is 3. The highest BCUT2D eigenvalue weighted by Crippen LogP contribution is 2.31. The van der Waals surface area contributed by atoms with Crippen LogP contribution in [0.2, 0.25) is 0 Å². The first kappa shape index (κ1) is 18.2. The molecule has 0 bridgehead atoms. The van der Waals surface area contributed by atoms with Gasteiger partial charge in [-0.3, -0.25) is 14.5 Å². The molecule has 1 aliphatic rings. The monoisotopic (exact) mass is 365 g/mol. The predicted molar refractivity (Wildman–Crippen MR) is 103 cm³/mol. The van der Waals surface area contributed by atoms with Crippen molar-refractivity contribution in [2.24, 2.45) is 0 Å². The molecule has 1 aliphatic heterocycles. The van der Waals surface area contributed by atoms with Gasteiger partial charge in [0.05, 0.1) is 5.69 Å². The van der Waals surface area contributed by atoms with E-state index >= 15 is 0 Å². The molecule has 3 amide bonds. The minimum atomic E-state index is -1.24. The van der Waals surface area contributed by atoms with Crippen molar-refractivity contribution in [3.05, 3.63) is 60.3 Å². The van der Waals surface area contributed by atoms with Crippen molar-refractivity contribution in [3.8, 4) is 11.1 Å². The van der Waals surface area contributed by atoms with E-state index < -0.39 is 12.0 Å². The number of amides is 3. The van der Waals surface area contributed by atoms with Gasteiger partial charge in [0.25, 0.3) is 0 Å². The maximum atomic E-state index is 11.7. The van der Waals surface area contributed by atoms with Gasteiger partial charge in [-0.05, 0) is 47.4 Å². The molecule has 0 radical (unpaired) electrons. The first-order chi connectivity index (χ1) is 12.9. The van der Waals surface area contributed by atoms with E-state index in [0.29, 0.717) is 5.69 Å². The molecule has 0 spiro atoms. The number of nitrogens with one attached hydrogen (secondary N) is 2. The quantitative estimate of drug-likeness (QED) is 0.776. The van der Waals surface area contributed by atoms with E-state index in [1.165, 1.54) is 6.92 Å². The number of carboxylic acid groups (broad SMARTS) is 1. The molecule has 27 heavy (non-hydrogen) atoms. The lowest BCUT2D eigenvalue weighted by Gasteiger charge is -2.24. The van der Waals surface area contributed by atoms with E-state index in [1.54, 1.807) is 23.2 Å². The van der Waals surface area contributed by atoms with Crippen LogP contribution in [0.5, 0.6) is 0 Å². The molecule has 2 aromatic rings. The van der Waals surface area contributed by atoms with Crippen LogP contribution in [-0.2, 0) is 16.0 Å². The molecule has 0 unspecified atom stereocenters. The Kier molecular flexibility index (Phi) is 5.21. The molecule has 0 aliphatic carbocycles. The third kappa shape index (κ3) is 4.33. The van der Waals surface area contributed by atoms with Crippen LogP contribution in [0.3, 0.4) is 0 Å². The zero-order valence-electron chi connectivity index (χ0n) is 14.7. The van der Waals surface area contributed by atoms with Crippen LogP contribution >= 0.6 is 0 Å². The molecule has 3 N–H and O–H groups in total. The lowest BCUT2D eigenvalue weighted by molar-refractivity contribution is -0.116. The van der Waals surface area contributed by atoms with Crippen LogP contribution in [-0.4, -0.2) is 29.6 Å². The summed E-state index contributed by atoms with van der Waals surface area (Å²) in [6.45, 7) is 1.23. The van der Waals surface area contributed by atoms with Crippen molar-refractivity contribution >= 4 is 29.3 Å². The molecule has 3 rings (SSSR count). The number of hydrogen-bond donors (Lipinski definition) is 3. The van der Waals surface area contributed by atoms with E-state index in [1.807, 2.05) is 35.7 Å². The fourth-order valence-corrected chi connectivity index (χ4v) is 2.91.